The molecular weight excluding hydrogens is 403 g/mol. The molecule has 2 aromatic rings. The van der Waals surface area contributed by atoms with E-state index in [9.17, 15) is 23.6 Å². The highest BCUT2D eigenvalue weighted by molar-refractivity contribution is 7.21. The minimum absolute atomic E-state index is 0.135. The van der Waals surface area contributed by atoms with Gasteiger partial charge in [-0.15, -0.1) is 11.3 Å². The van der Waals surface area contributed by atoms with Crippen LogP contribution >= 0.6 is 11.3 Å². The van der Waals surface area contributed by atoms with Crippen molar-refractivity contribution >= 4 is 45.3 Å². The third-order valence-electron chi connectivity index (χ3n) is 4.33. The number of urea groups is 1. The molecule has 8 nitrogen and oxygen atoms in total. The lowest BCUT2D eigenvalue weighted by Gasteiger charge is -2.15. The molecule has 154 valence electrons. The second-order valence-corrected chi connectivity index (χ2v) is 7.90. The monoisotopic (exact) mass is 422 g/mol. The van der Waals surface area contributed by atoms with Gasteiger partial charge in [0.25, 0.3) is 5.91 Å². The third kappa shape index (κ3) is 3.93. The Morgan fingerprint density at radius 2 is 1.97 bits per heavy atom. The molecular formula is C19H19FN2O6S. The number of nitrogens with one attached hydrogen (secondary N) is 1. The molecule has 0 spiro atoms. The Labute approximate surface area is 169 Å². The first-order valence-electron chi connectivity index (χ1n) is 8.82. The van der Waals surface area contributed by atoms with Gasteiger partial charge in [-0.2, -0.15) is 0 Å². The van der Waals surface area contributed by atoms with Crippen molar-refractivity contribution in [2.45, 2.75) is 32.9 Å². The third-order valence-corrected chi connectivity index (χ3v) is 5.51. The molecule has 0 unspecified atom stereocenters. The number of esters is 2. The van der Waals surface area contributed by atoms with Crippen molar-refractivity contribution < 1.29 is 33.0 Å². The van der Waals surface area contributed by atoms with Crippen molar-refractivity contribution in [3.63, 3.8) is 0 Å². The van der Waals surface area contributed by atoms with Crippen LogP contribution in [0.5, 0.6) is 0 Å². The van der Waals surface area contributed by atoms with E-state index >= 15 is 0 Å². The number of halogens is 1. The van der Waals surface area contributed by atoms with Gasteiger partial charge in [0.2, 0.25) is 0 Å². The van der Waals surface area contributed by atoms with Crippen molar-refractivity contribution in [1.82, 2.24) is 10.2 Å². The topological polar surface area (TPSA) is 102 Å². The molecule has 2 heterocycles. The summed E-state index contributed by atoms with van der Waals surface area (Å²) < 4.78 is 25.0. The highest BCUT2D eigenvalue weighted by atomic mass is 32.1. The molecule has 1 aliphatic heterocycles. The standard InChI is InChI=1S/C19H19FN2O6S/c1-4-27-16(24)15-10(14-11(20)6-5-7-12(14)29-15)9-28-13(23)8-22-17(25)19(2,3)21-18(22)26/h5-7H,4,8-9H2,1-3H3,(H,21,26). The Kier molecular flexibility index (Phi) is 5.56. The normalized spacial score (nSPS) is 15.5. The smallest absolute Gasteiger partial charge is 0.348 e. The Morgan fingerprint density at radius 1 is 1.24 bits per heavy atom. The van der Waals surface area contributed by atoms with Gasteiger partial charge in [-0.25, -0.2) is 14.0 Å². The Bertz CT molecular complexity index is 1020. The average Bonchev–Trinajstić information content (AvgIpc) is 3.11. The van der Waals surface area contributed by atoms with Crippen LogP contribution in [0.15, 0.2) is 18.2 Å². The van der Waals surface area contributed by atoms with Gasteiger partial charge in [-0.05, 0) is 32.9 Å². The lowest BCUT2D eigenvalue weighted by Crippen LogP contribution is -2.41. The summed E-state index contributed by atoms with van der Waals surface area (Å²) >= 11 is 1.04. The molecule has 0 radical (unpaired) electrons. The van der Waals surface area contributed by atoms with E-state index in [1.807, 2.05) is 0 Å². The number of ether oxygens (including phenoxy) is 2. The van der Waals surface area contributed by atoms with E-state index in [-0.39, 0.29) is 22.4 Å². The number of imide groups is 1. The SMILES string of the molecule is CCOC(=O)c1sc2cccc(F)c2c1COC(=O)CN1C(=O)NC(C)(C)C1=O. The summed E-state index contributed by atoms with van der Waals surface area (Å²) in [7, 11) is 0. The summed E-state index contributed by atoms with van der Waals surface area (Å²) in [5, 5.41) is 2.63. The summed E-state index contributed by atoms with van der Waals surface area (Å²) in [5.74, 6) is -2.62. The van der Waals surface area contributed by atoms with E-state index in [2.05, 4.69) is 5.32 Å². The summed E-state index contributed by atoms with van der Waals surface area (Å²) in [6.45, 7) is 3.82. The number of thiophene rings is 1. The maximum Gasteiger partial charge on any atom is 0.348 e. The number of carbonyl (C=O) groups is 4. The van der Waals surface area contributed by atoms with Gasteiger partial charge in [-0.3, -0.25) is 14.5 Å². The number of carbonyl (C=O) groups excluding carboxylic acids is 4. The lowest BCUT2D eigenvalue weighted by atomic mass is 10.1. The zero-order valence-electron chi connectivity index (χ0n) is 16.0. The Morgan fingerprint density at radius 3 is 2.59 bits per heavy atom. The van der Waals surface area contributed by atoms with Gasteiger partial charge < -0.3 is 14.8 Å². The van der Waals surface area contributed by atoms with Crippen molar-refractivity contribution in [3.05, 3.63) is 34.5 Å². The molecule has 1 aromatic carbocycles. The number of hydrogen-bond donors (Lipinski definition) is 1. The van der Waals surface area contributed by atoms with Gasteiger partial charge >= 0.3 is 18.0 Å². The second kappa shape index (κ2) is 7.78. The molecule has 1 saturated heterocycles. The fourth-order valence-electron chi connectivity index (χ4n) is 2.96. The summed E-state index contributed by atoms with van der Waals surface area (Å²) in [6.07, 6.45) is 0. The van der Waals surface area contributed by atoms with Crippen LogP contribution in [-0.4, -0.2) is 47.5 Å². The number of amides is 3. The first-order valence-corrected chi connectivity index (χ1v) is 9.64. The van der Waals surface area contributed by atoms with Gasteiger partial charge in [0.1, 0.15) is 29.4 Å². The largest absolute Gasteiger partial charge is 0.462 e. The van der Waals surface area contributed by atoms with Gasteiger partial charge in [0.15, 0.2) is 0 Å². The Balaban J connectivity index is 1.80. The molecule has 1 fully saturated rings. The summed E-state index contributed by atoms with van der Waals surface area (Å²) in [6, 6.07) is 3.70. The minimum Gasteiger partial charge on any atom is -0.462 e. The van der Waals surface area contributed by atoms with Crippen LogP contribution < -0.4 is 5.32 Å². The fraction of sp³-hybridized carbons (Fsp3) is 0.368. The van der Waals surface area contributed by atoms with Crippen LogP contribution in [0.2, 0.25) is 0 Å². The first kappa shape index (κ1) is 20.7. The molecule has 0 bridgehead atoms. The number of benzene rings is 1. The van der Waals surface area contributed by atoms with Crippen molar-refractivity contribution in [1.29, 1.82) is 0 Å². The van der Waals surface area contributed by atoms with Crippen LogP contribution in [0.3, 0.4) is 0 Å². The molecule has 3 amide bonds. The average molecular weight is 422 g/mol. The highest BCUT2D eigenvalue weighted by Crippen LogP contribution is 2.34. The van der Waals surface area contributed by atoms with Crippen molar-refractivity contribution in [2.24, 2.45) is 0 Å². The summed E-state index contributed by atoms with van der Waals surface area (Å²) in [4.78, 5) is 49.4. The molecule has 1 N–H and O–H groups in total. The number of rotatable bonds is 6. The number of nitrogens with zero attached hydrogens (tertiary/aromatic N) is 1. The molecule has 10 heteroatoms. The van der Waals surface area contributed by atoms with Crippen LogP contribution in [0.4, 0.5) is 9.18 Å². The van der Waals surface area contributed by atoms with Gasteiger partial charge in [-0.1, -0.05) is 6.07 Å². The first-order chi connectivity index (χ1) is 13.7. The van der Waals surface area contributed by atoms with E-state index in [4.69, 9.17) is 9.47 Å². The van der Waals surface area contributed by atoms with Crippen molar-refractivity contribution in [2.75, 3.05) is 13.2 Å². The zero-order chi connectivity index (χ0) is 21.3. The van der Waals surface area contributed by atoms with E-state index in [0.717, 1.165) is 16.2 Å². The molecule has 29 heavy (non-hydrogen) atoms. The predicted molar refractivity (Wildman–Crippen MR) is 102 cm³/mol. The van der Waals surface area contributed by atoms with Gasteiger partial charge in [0.05, 0.1) is 6.61 Å². The molecule has 0 atom stereocenters. The van der Waals surface area contributed by atoms with Gasteiger partial charge in [0, 0.05) is 15.6 Å². The maximum absolute atomic E-state index is 14.4. The number of fused-ring (bicyclic) bond motifs is 1. The minimum atomic E-state index is -1.11. The van der Waals surface area contributed by atoms with Crippen molar-refractivity contribution in [3.8, 4) is 0 Å². The molecule has 1 aromatic heterocycles. The summed E-state index contributed by atoms with van der Waals surface area (Å²) in [5.41, 5.74) is -0.923. The van der Waals surface area contributed by atoms with E-state index in [0.29, 0.717) is 4.70 Å². The molecule has 1 aliphatic rings. The molecule has 0 saturated carbocycles. The van der Waals surface area contributed by atoms with Crippen LogP contribution in [0.1, 0.15) is 36.0 Å². The van der Waals surface area contributed by atoms with Crippen LogP contribution in [-0.2, 0) is 25.7 Å². The van der Waals surface area contributed by atoms with E-state index in [1.54, 1.807) is 13.0 Å². The Hall–Kier alpha value is -3.01. The maximum atomic E-state index is 14.4. The number of hydrogen-bond acceptors (Lipinski definition) is 7. The molecule has 0 aliphatic carbocycles. The second-order valence-electron chi connectivity index (χ2n) is 6.85. The van der Waals surface area contributed by atoms with Crippen LogP contribution in [0.25, 0.3) is 10.1 Å². The lowest BCUT2D eigenvalue weighted by molar-refractivity contribution is -0.148. The predicted octanol–water partition coefficient (Wildman–Crippen LogP) is 2.59. The van der Waals surface area contributed by atoms with E-state index in [1.165, 1.54) is 26.0 Å². The molecule has 3 rings (SSSR count). The fourth-order valence-corrected chi connectivity index (χ4v) is 4.07. The highest BCUT2D eigenvalue weighted by Gasteiger charge is 2.45. The zero-order valence-corrected chi connectivity index (χ0v) is 16.9. The van der Waals surface area contributed by atoms with E-state index < -0.39 is 48.4 Å². The quantitative estimate of drug-likeness (QED) is 0.567. The van der Waals surface area contributed by atoms with Crippen LogP contribution in [0, 0.1) is 5.82 Å².